The van der Waals surface area contributed by atoms with Crippen LogP contribution >= 0.6 is 0 Å². The summed E-state index contributed by atoms with van der Waals surface area (Å²) in [6.07, 6.45) is 2.74. The molecule has 0 spiro atoms. The van der Waals surface area contributed by atoms with Gasteiger partial charge in [0.15, 0.2) is 0 Å². The first kappa shape index (κ1) is 12.1. The molecule has 0 heterocycles. The molecule has 3 N–H and O–H groups in total. The second kappa shape index (κ2) is 5.76. The lowest BCUT2D eigenvalue weighted by Crippen LogP contribution is -1.99. The Hall–Kier alpha value is -1.02. The van der Waals surface area contributed by atoms with Gasteiger partial charge >= 0.3 is 0 Å². The van der Waals surface area contributed by atoms with E-state index in [1.807, 2.05) is 24.3 Å². The first-order chi connectivity index (χ1) is 7.09. The summed E-state index contributed by atoms with van der Waals surface area (Å²) in [5, 5.41) is 9.88. The summed E-state index contributed by atoms with van der Waals surface area (Å²) in [6, 6.07) is 7.47. The van der Waals surface area contributed by atoms with Crippen LogP contribution in [0, 0.1) is 5.92 Å². The van der Waals surface area contributed by atoms with Gasteiger partial charge in [-0.1, -0.05) is 38.8 Å². The van der Waals surface area contributed by atoms with Gasteiger partial charge in [-0.2, -0.15) is 0 Å². The van der Waals surface area contributed by atoms with Gasteiger partial charge in [0, 0.05) is 5.69 Å². The minimum absolute atomic E-state index is 0.343. The van der Waals surface area contributed by atoms with E-state index in [1.54, 1.807) is 0 Å². The van der Waals surface area contributed by atoms with Gasteiger partial charge < -0.3 is 10.8 Å². The number of hydrogen-bond donors (Lipinski definition) is 2. The molecule has 2 nitrogen and oxygen atoms in total. The van der Waals surface area contributed by atoms with E-state index in [0.717, 1.165) is 24.1 Å². The lowest BCUT2D eigenvalue weighted by molar-refractivity contribution is 0.162. The topological polar surface area (TPSA) is 46.2 Å². The molecule has 15 heavy (non-hydrogen) atoms. The highest BCUT2D eigenvalue weighted by Gasteiger charge is 2.07. The lowest BCUT2D eigenvalue weighted by atomic mass is 10.00. The maximum atomic E-state index is 9.88. The Balaban J connectivity index is 2.40. The zero-order valence-electron chi connectivity index (χ0n) is 9.61. The van der Waals surface area contributed by atoms with E-state index < -0.39 is 0 Å². The van der Waals surface area contributed by atoms with Crippen molar-refractivity contribution in [2.45, 2.75) is 39.2 Å². The van der Waals surface area contributed by atoms with Gasteiger partial charge in [-0.15, -0.1) is 0 Å². The maximum absolute atomic E-state index is 9.88. The molecule has 1 unspecified atom stereocenters. The predicted octanol–water partition coefficient (Wildman–Crippen LogP) is 3.13. The van der Waals surface area contributed by atoms with Gasteiger partial charge in [0.1, 0.15) is 0 Å². The van der Waals surface area contributed by atoms with Crippen molar-refractivity contribution >= 4 is 5.69 Å². The van der Waals surface area contributed by atoms with E-state index in [9.17, 15) is 5.11 Å². The van der Waals surface area contributed by atoms with Gasteiger partial charge in [-0.25, -0.2) is 0 Å². The van der Waals surface area contributed by atoms with Crippen molar-refractivity contribution in [3.05, 3.63) is 29.8 Å². The number of rotatable bonds is 5. The monoisotopic (exact) mass is 207 g/mol. The predicted molar refractivity (Wildman–Crippen MR) is 64.5 cm³/mol. The average Bonchev–Trinajstić information content (AvgIpc) is 2.18. The fourth-order valence-electron chi connectivity index (χ4n) is 1.60. The van der Waals surface area contributed by atoms with Crippen molar-refractivity contribution in [2.75, 3.05) is 5.73 Å². The lowest BCUT2D eigenvalue weighted by Gasteiger charge is -2.11. The molecule has 2 heteroatoms. The van der Waals surface area contributed by atoms with Gasteiger partial charge in [-0.3, -0.25) is 0 Å². The number of aliphatic hydroxyl groups excluding tert-OH is 1. The molecule has 1 aromatic carbocycles. The van der Waals surface area contributed by atoms with Crippen LogP contribution in [-0.2, 0) is 0 Å². The molecule has 0 aromatic heterocycles. The number of nitrogen functional groups attached to an aromatic ring is 1. The fraction of sp³-hybridized carbons (Fsp3) is 0.538. The normalized spacial score (nSPS) is 13.1. The van der Waals surface area contributed by atoms with Gasteiger partial charge in [-0.05, 0) is 30.0 Å². The van der Waals surface area contributed by atoms with Gasteiger partial charge in [0.05, 0.1) is 6.10 Å². The number of aliphatic hydroxyl groups is 1. The van der Waals surface area contributed by atoms with Crippen molar-refractivity contribution in [1.82, 2.24) is 0 Å². The zero-order chi connectivity index (χ0) is 11.3. The molecule has 0 aliphatic carbocycles. The third-order valence-electron chi connectivity index (χ3n) is 2.58. The Morgan fingerprint density at radius 2 is 1.73 bits per heavy atom. The van der Waals surface area contributed by atoms with Crippen LogP contribution in [0.3, 0.4) is 0 Å². The molecule has 1 aromatic rings. The molecule has 0 saturated carbocycles. The summed E-state index contributed by atoms with van der Waals surface area (Å²) in [7, 11) is 0. The van der Waals surface area contributed by atoms with Crippen molar-refractivity contribution in [3.8, 4) is 0 Å². The smallest absolute Gasteiger partial charge is 0.0790 e. The number of anilines is 1. The quantitative estimate of drug-likeness (QED) is 0.729. The molecular weight excluding hydrogens is 186 g/mol. The van der Waals surface area contributed by atoms with E-state index in [4.69, 9.17) is 5.73 Å². The third kappa shape index (κ3) is 4.34. The Morgan fingerprint density at radius 1 is 1.13 bits per heavy atom. The molecule has 0 saturated heterocycles. The summed E-state index contributed by atoms with van der Waals surface area (Å²) in [5.41, 5.74) is 7.29. The minimum atomic E-state index is -0.343. The maximum Gasteiger partial charge on any atom is 0.0790 e. The number of benzene rings is 1. The minimum Gasteiger partial charge on any atom is -0.399 e. The van der Waals surface area contributed by atoms with Crippen molar-refractivity contribution in [1.29, 1.82) is 0 Å². The van der Waals surface area contributed by atoms with Gasteiger partial charge in [0.2, 0.25) is 0 Å². The summed E-state index contributed by atoms with van der Waals surface area (Å²) >= 11 is 0. The van der Waals surface area contributed by atoms with Crippen molar-refractivity contribution in [2.24, 2.45) is 5.92 Å². The fourth-order valence-corrected chi connectivity index (χ4v) is 1.60. The zero-order valence-corrected chi connectivity index (χ0v) is 9.61. The molecule has 84 valence electrons. The Bertz CT molecular complexity index is 279. The van der Waals surface area contributed by atoms with E-state index in [-0.39, 0.29) is 6.10 Å². The molecule has 0 amide bonds. The van der Waals surface area contributed by atoms with Crippen LogP contribution in [0.2, 0.25) is 0 Å². The van der Waals surface area contributed by atoms with Crippen LogP contribution in [0.25, 0.3) is 0 Å². The molecule has 0 radical (unpaired) electrons. The Morgan fingerprint density at radius 3 is 2.27 bits per heavy atom. The van der Waals surface area contributed by atoms with Crippen LogP contribution < -0.4 is 5.73 Å². The average molecular weight is 207 g/mol. The summed E-state index contributed by atoms with van der Waals surface area (Å²) in [6.45, 7) is 4.41. The van der Waals surface area contributed by atoms with Crippen LogP contribution in [0.1, 0.15) is 44.8 Å². The molecule has 1 rings (SSSR count). The van der Waals surface area contributed by atoms with Crippen LogP contribution in [0.4, 0.5) is 5.69 Å². The summed E-state index contributed by atoms with van der Waals surface area (Å²) in [4.78, 5) is 0. The molecular formula is C13H21NO. The highest BCUT2D eigenvalue weighted by molar-refractivity contribution is 5.39. The molecule has 0 aliphatic rings. The molecule has 1 atom stereocenters. The van der Waals surface area contributed by atoms with Crippen LogP contribution in [-0.4, -0.2) is 5.11 Å². The molecule has 0 bridgehead atoms. The Kier molecular flexibility index (Phi) is 4.63. The summed E-state index contributed by atoms with van der Waals surface area (Å²) < 4.78 is 0. The third-order valence-corrected chi connectivity index (χ3v) is 2.58. The second-order valence-corrected chi connectivity index (χ2v) is 4.51. The van der Waals surface area contributed by atoms with E-state index in [2.05, 4.69) is 13.8 Å². The van der Waals surface area contributed by atoms with Crippen LogP contribution in [0.15, 0.2) is 24.3 Å². The number of hydrogen-bond acceptors (Lipinski definition) is 2. The highest BCUT2D eigenvalue weighted by Crippen LogP contribution is 2.21. The largest absolute Gasteiger partial charge is 0.399 e. The van der Waals surface area contributed by atoms with E-state index >= 15 is 0 Å². The Labute approximate surface area is 92.1 Å². The first-order valence-corrected chi connectivity index (χ1v) is 5.63. The van der Waals surface area contributed by atoms with Gasteiger partial charge in [0.25, 0.3) is 0 Å². The van der Waals surface area contributed by atoms with Crippen molar-refractivity contribution in [3.63, 3.8) is 0 Å². The highest BCUT2D eigenvalue weighted by atomic mass is 16.3. The van der Waals surface area contributed by atoms with E-state index in [0.29, 0.717) is 5.92 Å². The summed E-state index contributed by atoms with van der Waals surface area (Å²) in [5.74, 6) is 0.712. The molecule has 0 fully saturated rings. The SMILES string of the molecule is CC(C)CCCC(O)c1ccc(N)cc1. The van der Waals surface area contributed by atoms with Crippen LogP contribution in [0.5, 0.6) is 0 Å². The standard InChI is InChI=1S/C13H21NO/c1-10(2)4-3-5-13(15)11-6-8-12(14)9-7-11/h6-10,13,15H,3-5,14H2,1-2H3. The van der Waals surface area contributed by atoms with E-state index in [1.165, 1.54) is 6.42 Å². The second-order valence-electron chi connectivity index (χ2n) is 4.51. The molecule has 0 aliphatic heterocycles. The number of nitrogens with two attached hydrogens (primary N) is 1. The van der Waals surface area contributed by atoms with Crippen molar-refractivity contribution < 1.29 is 5.11 Å². The first-order valence-electron chi connectivity index (χ1n) is 5.63.